The molecule has 5 heteroatoms. The molecule has 0 radical (unpaired) electrons. The Morgan fingerprint density at radius 1 is 0.788 bits per heavy atom. The molecular formula is C28H48F2O3. The van der Waals surface area contributed by atoms with Crippen molar-refractivity contribution in [3.05, 3.63) is 12.2 Å². The lowest BCUT2D eigenvalue weighted by atomic mass is 9.70. The monoisotopic (exact) mass is 470 g/mol. The highest BCUT2D eigenvalue weighted by atomic mass is 19.3. The molecule has 33 heavy (non-hydrogen) atoms. The molecule has 0 aromatic heterocycles. The second-order valence-electron chi connectivity index (χ2n) is 10.8. The summed E-state index contributed by atoms with van der Waals surface area (Å²) in [6.45, 7) is 4.76. The fourth-order valence-corrected chi connectivity index (χ4v) is 6.14. The molecule has 0 atom stereocenters. The highest BCUT2D eigenvalue weighted by molar-refractivity contribution is 4.92. The third-order valence-electron chi connectivity index (χ3n) is 8.25. The smallest absolute Gasteiger partial charge is 0.266 e. The van der Waals surface area contributed by atoms with E-state index in [4.69, 9.17) is 14.2 Å². The molecule has 3 rings (SSSR count). The van der Waals surface area contributed by atoms with E-state index in [0.29, 0.717) is 12.0 Å². The lowest BCUT2D eigenvalue weighted by Crippen LogP contribution is -2.32. The van der Waals surface area contributed by atoms with Gasteiger partial charge in [-0.05, 0) is 88.0 Å². The molecule has 3 aliphatic rings. The summed E-state index contributed by atoms with van der Waals surface area (Å²) < 4.78 is 43.0. The summed E-state index contributed by atoms with van der Waals surface area (Å²) in [5.74, 6) is 2.18. The third-order valence-corrected chi connectivity index (χ3v) is 8.25. The van der Waals surface area contributed by atoms with E-state index in [-0.39, 0.29) is 12.2 Å². The number of allylic oxidation sites excluding steroid dienone is 1. The topological polar surface area (TPSA) is 27.7 Å². The fourth-order valence-electron chi connectivity index (χ4n) is 6.14. The molecule has 0 bridgehead atoms. The zero-order valence-corrected chi connectivity index (χ0v) is 21.0. The zero-order chi connectivity index (χ0) is 23.3. The summed E-state index contributed by atoms with van der Waals surface area (Å²) in [6.07, 6.45) is 18.7. The average molecular weight is 471 g/mol. The first-order valence-corrected chi connectivity index (χ1v) is 14.0. The van der Waals surface area contributed by atoms with Crippen molar-refractivity contribution in [2.24, 2.45) is 23.7 Å². The summed E-state index contributed by atoms with van der Waals surface area (Å²) in [5, 5.41) is 0. The normalized spacial score (nSPS) is 33.1. The molecule has 0 aromatic rings. The van der Waals surface area contributed by atoms with Gasteiger partial charge in [-0.1, -0.05) is 39.0 Å². The zero-order valence-electron chi connectivity index (χ0n) is 21.0. The van der Waals surface area contributed by atoms with Crippen molar-refractivity contribution < 1.29 is 23.0 Å². The van der Waals surface area contributed by atoms with Crippen LogP contribution in [-0.2, 0) is 14.2 Å². The van der Waals surface area contributed by atoms with E-state index in [1.165, 1.54) is 57.4 Å². The van der Waals surface area contributed by atoms with Crippen LogP contribution in [0.25, 0.3) is 0 Å². The van der Waals surface area contributed by atoms with Crippen molar-refractivity contribution >= 4 is 0 Å². The Bertz CT molecular complexity index is 527. The van der Waals surface area contributed by atoms with Crippen molar-refractivity contribution in [3.8, 4) is 0 Å². The van der Waals surface area contributed by atoms with E-state index >= 15 is 0 Å². The van der Waals surface area contributed by atoms with Gasteiger partial charge in [0.25, 0.3) is 6.08 Å². The molecule has 1 saturated heterocycles. The van der Waals surface area contributed by atoms with Gasteiger partial charge in [0, 0.05) is 18.9 Å². The number of rotatable bonds is 13. The fraction of sp³-hybridized carbons (Fsp3) is 0.929. The van der Waals surface area contributed by atoms with Crippen LogP contribution in [0.1, 0.15) is 110 Å². The van der Waals surface area contributed by atoms with Gasteiger partial charge in [0.1, 0.15) is 0 Å². The second-order valence-corrected chi connectivity index (χ2v) is 10.8. The molecule has 3 fully saturated rings. The van der Waals surface area contributed by atoms with Crippen LogP contribution in [0.5, 0.6) is 0 Å². The SMILES string of the molecule is CCCCCCCC1COC(CCCOC2CCC(C3CCC(C=C(F)F)CC3)CC2)OC1. The highest BCUT2D eigenvalue weighted by Crippen LogP contribution is 2.41. The van der Waals surface area contributed by atoms with Gasteiger partial charge in [-0.3, -0.25) is 0 Å². The third kappa shape index (κ3) is 10.3. The molecule has 0 spiro atoms. The van der Waals surface area contributed by atoms with Crippen LogP contribution in [-0.4, -0.2) is 32.2 Å². The Balaban J connectivity index is 1.17. The Morgan fingerprint density at radius 3 is 2.06 bits per heavy atom. The maximum atomic E-state index is 12.5. The molecule has 2 saturated carbocycles. The highest BCUT2D eigenvalue weighted by Gasteiger charge is 2.31. The lowest BCUT2D eigenvalue weighted by Gasteiger charge is -2.37. The van der Waals surface area contributed by atoms with Crippen LogP contribution in [0, 0.1) is 23.7 Å². The van der Waals surface area contributed by atoms with E-state index in [0.717, 1.165) is 83.0 Å². The number of unbranched alkanes of at least 4 members (excludes halogenated alkanes) is 4. The van der Waals surface area contributed by atoms with E-state index in [1.54, 1.807) is 0 Å². The first-order chi connectivity index (χ1) is 16.1. The van der Waals surface area contributed by atoms with Crippen LogP contribution in [0.4, 0.5) is 8.78 Å². The Labute approximate surface area is 201 Å². The van der Waals surface area contributed by atoms with Gasteiger partial charge in [0.2, 0.25) is 0 Å². The molecule has 0 amide bonds. The van der Waals surface area contributed by atoms with Crippen molar-refractivity contribution in [1.82, 2.24) is 0 Å². The largest absolute Gasteiger partial charge is 0.378 e. The predicted molar refractivity (Wildman–Crippen MR) is 129 cm³/mol. The minimum absolute atomic E-state index is 0.0449. The van der Waals surface area contributed by atoms with Crippen molar-refractivity contribution in [1.29, 1.82) is 0 Å². The second kappa shape index (κ2) is 15.5. The van der Waals surface area contributed by atoms with E-state index < -0.39 is 6.08 Å². The minimum Gasteiger partial charge on any atom is -0.378 e. The molecule has 1 aliphatic heterocycles. The molecule has 0 aromatic carbocycles. The van der Waals surface area contributed by atoms with Crippen LogP contribution in [0.15, 0.2) is 12.2 Å². The first-order valence-electron chi connectivity index (χ1n) is 14.0. The van der Waals surface area contributed by atoms with Crippen molar-refractivity contribution in [2.45, 2.75) is 122 Å². The van der Waals surface area contributed by atoms with Gasteiger partial charge in [-0.2, -0.15) is 8.78 Å². The molecule has 3 nitrogen and oxygen atoms in total. The van der Waals surface area contributed by atoms with Crippen LogP contribution in [0.3, 0.4) is 0 Å². The molecule has 0 unspecified atom stereocenters. The first kappa shape index (κ1) is 27.1. The molecule has 0 N–H and O–H groups in total. The van der Waals surface area contributed by atoms with Crippen LogP contribution < -0.4 is 0 Å². The van der Waals surface area contributed by atoms with E-state index in [2.05, 4.69) is 6.92 Å². The van der Waals surface area contributed by atoms with Gasteiger partial charge in [-0.25, -0.2) is 0 Å². The maximum absolute atomic E-state index is 12.5. The Morgan fingerprint density at radius 2 is 1.42 bits per heavy atom. The molecular weight excluding hydrogens is 422 g/mol. The lowest BCUT2D eigenvalue weighted by molar-refractivity contribution is -0.205. The van der Waals surface area contributed by atoms with Gasteiger partial charge >= 0.3 is 0 Å². The maximum Gasteiger partial charge on any atom is 0.266 e. The van der Waals surface area contributed by atoms with E-state index in [1.807, 2.05) is 0 Å². The number of hydrogen-bond acceptors (Lipinski definition) is 3. The Kier molecular flexibility index (Phi) is 12.7. The van der Waals surface area contributed by atoms with Crippen LogP contribution >= 0.6 is 0 Å². The van der Waals surface area contributed by atoms with Gasteiger partial charge < -0.3 is 14.2 Å². The Hall–Kier alpha value is -0.520. The summed E-state index contributed by atoms with van der Waals surface area (Å²) in [7, 11) is 0. The van der Waals surface area contributed by atoms with E-state index in [9.17, 15) is 8.78 Å². The minimum atomic E-state index is -1.50. The molecule has 1 heterocycles. The summed E-state index contributed by atoms with van der Waals surface area (Å²) in [4.78, 5) is 0. The molecule has 2 aliphatic carbocycles. The number of ether oxygens (including phenoxy) is 3. The summed E-state index contributed by atoms with van der Waals surface area (Å²) in [6, 6.07) is 0. The standard InChI is InChI=1S/C28H48F2O3/c1-2-3-4-5-6-8-23-20-32-28(33-21-23)9-7-18-31-26-16-14-25(15-17-26)24-12-10-22(11-13-24)19-27(29)30/h19,22-26,28H,2-18,20-21H2,1H3. The van der Waals surface area contributed by atoms with Gasteiger partial charge in [0.05, 0.1) is 19.3 Å². The van der Waals surface area contributed by atoms with Gasteiger partial charge in [-0.15, -0.1) is 0 Å². The van der Waals surface area contributed by atoms with Gasteiger partial charge in [0.15, 0.2) is 6.29 Å². The number of hydrogen-bond donors (Lipinski definition) is 0. The summed E-state index contributed by atoms with van der Waals surface area (Å²) in [5.41, 5.74) is 0. The van der Waals surface area contributed by atoms with Crippen LogP contribution in [0.2, 0.25) is 0 Å². The quantitative estimate of drug-likeness (QED) is 0.253. The number of halogens is 2. The average Bonchev–Trinajstić information content (AvgIpc) is 2.83. The van der Waals surface area contributed by atoms with Crippen molar-refractivity contribution in [2.75, 3.05) is 19.8 Å². The molecule has 192 valence electrons. The van der Waals surface area contributed by atoms with Crippen molar-refractivity contribution in [3.63, 3.8) is 0 Å². The summed E-state index contributed by atoms with van der Waals surface area (Å²) >= 11 is 0. The predicted octanol–water partition coefficient (Wildman–Crippen LogP) is 8.28.